The van der Waals surface area contributed by atoms with Crippen LogP contribution in [0.4, 0.5) is 22.7 Å². The van der Waals surface area contributed by atoms with E-state index >= 15 is 0 Å². The fraction of sp³-hybridized carbons (Fsp3) is 0.136. The molecule has 3 rings (SSSR count). The molecule has 2 amide bonds. The van der Waals surface area contributed by atoms with Gasteiger partial charge in [0.1, 0.15) is 11.4 Å². The number of ether oxygens (including phenoxy) is 1. The van der Waals surface area contributed by atoms with Gasteiger partial charge in [0.05, 0.1) is 18.5 Å². The molecule has 0 unspecified atom stereocenters. The van der Waals surface area contributed by atoms with Crippen LogP contribution in [0.3, 0.4) is 0 Å². The summed E-state index contributed by atoms with van der Waals surface area (Å²) in [6, 6.07) is 17.9. The van der Waals surface area contributed by atoms with Crippen molar-refractivity contribution in [3.8, 4) is 5.75 Å². The summed E-state index contributed by atoms with van der Waals surface area (Å²) in [5.74, 6) is 0.321. The van der Waals surface area contributed by atoms with E-state index in [9.17, 15) is 9.59 Å². The molecule has 0 atom stereocenters. The zero-order valence-corrected chi connectivity index (χ0v) is 16.2. The van der Waals surface area contributed by atoms with E-state index in [4.69, 9.17) is 4.74 Å². The largest absolute Gasteiger partial charge is 0.494 e. The van der Waals surface area contributed by atoms with E-state index in [1.54, 1.807) is 48.7 Å². The van der Waals surface area contributed by atoms with Crippen LogP contribution in [0.1, 0.15) is 24.3 Å². The van der Waals surface area contributed by atoms with Crippen molar-refractivity contribution in [1.82, 2.24) is 4.98 Å². The van der Waals surface area contributed by atoms with Crippen molar-refractivity contribution in [2.75, 3.05) is 22.6 Å². The Kier molecular flexibility index (Phi) is 6.42. The van der Waals surface area contributed by atoms with Crippen LogP contribution in [-0.4, -0.2) is 23.4 Å². The molecule has 148 valence electrons. The zero-order valence-electron chi connectivity index (χ0n) is 16.2. The lowest BCUT2D eigenvalue weighted by Gasteiger charge is -2.10. The van der Waals surface area contributed by atoms with Gasteiger partial charge in [-0.3, -0.25) is 9.59 Å². The van der Waals surface area contributed by atoms with E-state index in [-0.39, 0.29) is 11.8 Å². The van der Waals surface area contributed by atoms with E-state index in [1.807, 2.05) is 25.1 Å². The number of nitrogens with one attached hydrogen (secondary N) is 3. The van der Waals surface area contributed by atoms with E-state index in [2.05, 4.69) is 20.9 Å². The number of carbonyl (C=O) groups excluding carboxylic acids is 2. The molecule has 0 saturated carbocycles. The number of aromatic nitrogens is 1. The Morgan fingerprint density at radius 1 is 0.897 bits per heavy atom. The van der Waals surface area contributed by atoms with E-state index in [1.165, 1.54) is 6.92 Å². The highest BCUT2D eigenvalue weighted by Crippen LogP contribution is 2.20. The standard InChI is InChI=1S/C22H22N4O3/c1-3-29-20-10-7-16(8-11-20)26-22(28)21-12-9-19(14-23-21)25-18-6-4-5-17(13-18)24-15(2)27/h4-14,25H,3H2,1-2H3,(H,24,27)(H,26,28). The third kappa shape index (κ3) is 5.80. The van der Waals surface area contributed by atoms with Gasteiger partial charge in [-0.25, -0.2) is 4.98 Å². The number of anilines is 4. The molecule has 0 spiro atoms. The minimum absolute atomic E-state index is 0.133. The summed E-state index contributed by atoms with van der Waals surface area (Å²) >= 11 is 0. The molecule has 0 radical (unpaired) electrons. The number of pyridine rings is 1. The van der Waals surface area contributed by atoms with Gasteiger partial charge in [0.15, 0.2) is 0 Å². The van der Waals surface area contributed by atoms with Gasteiger partial charge in [-0.15, -0.1) is 0 Å². The Bertz CT molecular complexity index is 986. The smallest absolute Gasteiger partial charge is 0.274 e. The molecular weight excluding hydrogens is 368 g/mol. The lowest BCUT2D eigenvalue weighted by atomic mass is 10.2. The predicted octanol–water partition coefficient (Wildman–Crippen LogP) is 4.43. The summed E-state index contributed by atoms with van der Waals surface area (Å²) in [5, 5.41) is 8.73. The summed E-state index contributed by atoms with van der Waals surface area (Å²) in [4.78, 5) is 27.8. The van der Waals surface area contributed by atoms with Gasteiger partial charge in [0.2, 0.25) is 5.91 Å². The number of amides is 2. The fourth-order valence-electron chi connectivity index (χ4n) is 2.64. The number of hydrogen-bond acceptors (Lipinski definition) is 5. The summed E-state index contributed by atoms with van der Waals surface area (Å²) in [6.07, 6.45) is 1.58. The molecule has 1 aromatic heterocycles. The highest BCUT2D eigenvalue weighted by molar-refractivity contribution is 6.03. The Balaban J connectivity index is 1.62. The number of carbonyl (C=O) groups is 2. The van der Waals surface area contributed by atoms with Crippen LogP contribution < -0.4 is 20.7 Å². The fourth-order valence-corrected chi connectivity index (χ4v) is 2.64. The molecule has 7 nitrogen and oxygen atoms in total. The molecule has 0 aliphatic carbocycles. The number of benzene rings is 2. The maximum absolute atomic E-state index is 12.4. The first-order valence-electron chi connectivity index (χ1n) is 9.18. The van der Waals surface area contributed by atoms with Crippen LogP contribution in [-0.2, 0) is 4.79 Å². The number of rotatable bonds is 7. The van der Waals surface area contributed by atoms with Gasteiger partial charge in [0, 0.05) is 24.0 Å². The predicted molar refractivity (Wildman–Crippen MR) is 114 cm³/mol. The summed E-state index contributed by atoms with van der Waals surface area (Å²) < 4.78 is 5.39. The van der Waals surface area contributed by atoms with E-state index in [0.29, 0.717) is 23.7 Å². The topological polar surface area (TPSA) is 92.4 Å². The highest BCUT2D eigenvalue weighted by Gasteiger charge is 2.08. The molecule has 2 aromatic carbocycles. The zero-order chi connectivity index (χ0) is 20.6. The molecule has 0 fully saturated rings. The average molecular weight is 390 g/mol. The molecule has 29 heavy (non-hydrogen) atoms. The van der Waals surface area contributed by atoms with Crippen LogP contribution in [0.25, 0.3) is 0 Å². The first kappa shape index (κ1) is 19.9. The second-order valence-electron chi connectivity index (χ2n) is 6.23. The molecule has 0 aliphatic rings. The second kappa shape index (κ2) is 9.36. The van der Waals surface area contributed by atoms with Crippen molar-refractivity contribution >= 4 is 34.6 Å². The molecule has 7 heteroatoms. The molecule has 1 heterocycles. The van der Waals surface area contributed by atoms with Crippen LogP contribution in [0.15, 0.2) is 66.9 Å². The SMILES string of the molecule is CCOc1ccc(NC(=O)c2ccc(Nc3cccc(NC(C)=O)c3)cn2)cc1. The molecule has 0 aliphatic heterocycles. The van der Waals surface area contributed by atoms with Gasteiger partial charge in [-0.05, 0) is 61.5 Å². The van der Waals surface area contributed by atoms with Crippen molar-refractivity contribution in [2.24, 2.45) is 0 Å². The normalized spacial score (nSPS) is 10.1. The average Bonchev–Trinajstić information content (AvgIpc) is 2.70. The van der Waals surface area contributed by atoms with Crippen molar-refractivity contribution < 1.29 is 14.3 Å². The van der Waals surface area contributed by atoms with Crippen molar-refractivity contribution in [3.05, 3.63) is 72.6 Å². The van der Waals surface area contributed by atoms with Crippen LogP contribution in [0.2, 0.25) is 0 Å². The maximum atomic E-state index is 12.4. The second-order valence-corrected chi connectivity index (χ2v) is 6.23. The third-order valence-electron chi connectivity index (χ3n) is 3.89. The molecule has 3 aromatic rings. The first-order chi connectivity index (χ1) is 14.0. The highest BCUT2D eigenvalue weighted by atomic mass is 16.5. The Labute approximate surface area is 169 Å². The van der Waals surface area contributed by atoms with Gasteiger partial charge in [0.25, 0.3) is 5.91 Å². The summed E-state index contributed by atoms with van der Waals surface area (Å²) in [5.41, 5.74) is 3.18. The van der Waals surface area contributed by atoms with Gasteiger partial charge < -0.3 is 20.7 Å². The third-order valence-corrected chi connectivity index (χ3v) is 3.89. The van der Waals surface area contributed by atoms with Gasteiger partial charge >= 0.3 is 0 Å². The molecule has 0 bridgehead atoms. The quantitative estimate of drug-likeness (QED) is 0.555. The Hall–Kier alpha value is -3.87. The van der Waals surface area contributed by atoms with E-state index in [0.717, 1.165) is 17.1 Å². The van der Waals surface area contributed by atoms with Crippen LogP contribution >= 0.6 is 0 Å². The van der Waals surface area contributed by atoms with Crippen molar-refractivity contribution in [3.63, 3.8) is 0 Å². The number of hydrogen-bond donors (Lipinski definition) is 3. The lowest BCUT2D eigenvalue weighted by Crippen LogP contribution is -2.13. The maximum Gasteiger partial charge on any atom is 0.274 e. The first-order valence-corrected chi connectivity index (χ1v) is 9.18. The summed E-state index contributed by atoms with van der Waals surface area (Å²) in [6.45, 7) is 3.97. The molecule has 0 saturated heterocycles. The minimum atomic E-state index is -0.298. The molecular formula is C22H22N4O3. The minimum Gasteiger partial charge on any atom is -0.494 e. The lowest BCUT2D eigenvalue weighted by molar-refractivity contribution is -0.114. The van der Waals surface area contributed by atoms with Gasteiger partial charge in [-0.2, -0.15) is 0 Å². The van der Waals surface area contributed by atoms with Crippen molar-refractivity contribution in [1.29, 1.82) is 0 Å². The Morgan fingerprint density at radius 3 is 2.28 bits per heavy atom. The van der Waals surface area contributed by atoms with Crippen LogP contribution in [0, 0.1) is 0 Å². The summed E-state index contributed by atoms with van der Waals surface area (Å²) in [7, 11) is 0. The Morgan fingerprint density at radius 2 is 1.62 bits per heavy atom. The number of nitrogens with zero attached hydrogens (tertiary/aromatic N) is 1. The van der Waals surface area contributed by atoms with Crippen LogP contribution in [0.5, 0.6) is 5.75 Å². The van der Waals surface area contributed by atoms with Gasteiger partial charge in [-0.1, -0.05) is 6.07 Å². The monoisotopic (exact) mass is 390 g/mol. The van der Waals surface area contributed by atoms with E-state index < -0.39 is 0 Å². The molecule has 3 N–H and O–H groups in total. The van der Waals surface area contributed by atoms with Crippen molar-refractivity contribution in [2.45, 2.75) is 13.8 Å².